The molecule has 1 heterocycles. The molecule has 0 unspecified atom stereocenters. The van der Waals surface area contributed by atoms with Crippen LogP contribution in [0.15, 0.2) is 30.3 Å². The maximum Gasteiger partial charge on any atom is 0.312 e. The Kier molecular flexibility index (Phi) is 7.21. The number of nitrogens with one attached hydrogen (secondary N) is 1. The maximum atomic E-state index is 13.0. The fourth-order valence-electron chi connectivity index (χ4n) is 3.30. The highest BCUT2D eigenvalue weighted by Gasteiger charge is 2.35. The molecule has 7 nitrogen and oxygen atoms in total. The molecule has 4 amide bonds. The van der Waals surface area contributed by atoms with Gasteiger partial charge in [-0.15, -0.1) is 0 Å². The Labute approximate surface area is 160 Å². The van der Waals surface area contributed by atoms with Gasteiger partial charge in [0.1, 0.15) is 0 Å². The van der Waals surface area contributed by atoms with Gasteiger partial charge in [0.2, 0.25) is 11.8 Å². The summed E-state index contributed by atoms with van der Waals surface area (Å²) in [7, 11) is 0. The second-order valence-corrected chi connectivity index (χ2v) is 7.41. The number of piperazine rings is 1. The number of rotatable bonds is 7. The molecular formula is C20H30N4O3. The van der Waals surface area contributed by atoms with E-state index < -0.39 is 11.4 Å². The monoisotopic (exact) mass is 374 g/mol. The number of carbonyl (C=O) groups is 3. The summed E-state index contributed by atoms with van der Waals surface area (Å²) >= 11 is 0. The van der Waals surface area contributed by atoms with E-state index in [1.165, 1.54) is 0 Å². The number of benzene rings is 1. The van der Waals surface area contributed by atoms with Gasteiger partial charge >= 0.3 is 6.03 Å². The van der Waals surface area contributed by atoms with Gasteiger partial charge in [-0.25, -0.2) is 4.79 Å². The summed E-state index contributed by atoms with van der Waals surface area (Å²) in [6.45, 7) is 6.63. The molecule has 0 bridgehead atoms. The number of unbranched alkanes of at least 4 members (excludes halogenated alkanes) is 1. The average molecular weight is 374 g/mol. The van der Waals surface area contributed by atoms with Gasteiger partial charge in [0.15, 0.2) is 0 Å². The Bertz CT molecular complexity index is 652. The Morgan fingerprint density at radius 1 is 1.00 bits per heavy atom. The highest BCUT2D eigenvalue weighted by Crippen LogP contribution is 2.26. The van der Waals surface area contributed by atoms with Crippen molar-refractivity contribution < 1.29 is 14.4 Å². The van der Waals surface area contributed by atoms with Crippen molar-refractivity contribution in [2.75, 3.05) is 32.7 Å². The van der Waals surface area contributed by atoms with Crippen molar-refractivity contribution >= 4 is 17.8 Å². The molecule has 7 heteroatoms. The number of amides is 4. The minimum Gasteiger partial charge on any atom is -0.352 e. The van der Waals surface area contributed by atoms with Crippen LogP contribution in [0.5, 0.6) is 0 Å². The van der Waals surface area contributed by atoms with Crippen molar-refractivity contribution in [2.24, 2.45) is 5.73 Å². The van der Waals surface area contributed by atoms with Gasteiger partial charge in [-0.3, -0.25) is 9.59 Å². The van der Waals surface area contributed by atoms with Crippen molar-refractivity contribution in [1.82, 2.24) is 15.1 Å². The van der Waals surface area contributed by atoms with Gasteiger partial charge in [-0.2, -0.15) is 0 Å². The third-order valence-corrected chi connectivity index (χ3v) is 5.07. The zero-order chi connectivity index (χ0) is 19.9. The van der Waals surface area contributed by atoms with Gasteiger partial charge < -0.3 is 20.9 Å². The topological polar surface area (TPSA) is 95.7 Å². The molecule has 1 aliphatic heterocycles. The molecule has 1 saturated heterocycles. The summed E-state index contributed by atoms with van der Waals surface area (Å²) in [6, 6.07) is 9.24. The largest absolute Gasteiger partial charge is 0.352 e. The van der Waals surface area contributed by atoms with Crippen molar-refractivity contribution in [3.63, 3.8) is 0 Å². The van der Waals surface area contributed by atoms with E-state index in [1.807, 2.05) is 54.0 Å². The highest BCUT2D eigenvalue weighted by atomic mass is 16.2. The zero-order valence-electron chi connectivity index (χ0n) is 16.2. The summed E-state index contributed by atoms with van der Waals surface area (Å²) in [5, 5.41) is 2.51. The molecule has 1 aliphatic rings. The highest BCUT2D eigenvalue weighted by molar-refractivity contribution is 5.87. The van der Waals surface area contributed by atoms with Crippen LogP contribution in [0.3, 0.4) is 0 Å². The number of nitrogens with zero attached hydrogens (tertiary/aromatic N) is 2. The molecule has 1 aromatic rings. The number of urea groups is 1. The van der Waals surface area contributed by atoms with E-state index in [-0.39, 0.29) is 11.8 Å². The second-order valence-electron chi connectivity index (χ2n) is 7.41. The molecule has 1 fully saturated rings. The van der Waals surface area contributed by atoms with Crippen molar-refractivity contribution in [2.45, 2.75) is 38.5 Å². The van der Waals surface area contributed by atoms with Crippen LogP contribution < -0.4 is 11.1 Å². The Balaban J connectivity index is 1.78. The lowest BCUT2D eigenvalue weighted by molar-refractivity contribution is -0.142. The van der Waals surface area contributed by atoms with Crippen LogP contribution in [0.25, 0.3) is 0 Å². The maximum absolute atomic E-state index is 13.0. The lowest BCUT2D eigenvalue weighted by Crippen LogP contribution is -2.54. The molecule has 0 aromatic heterocycles. The third kappa shape index (κ3) is 5.70. The normalized spacial score (nSPS) is 14.7. The van der Waals surface area contributed by atoms with E-state index in [0.29, 0.717) is 45.6 Å². The molecule has 0 aliphatic carbocycles. The minimum atomic E-state index is -0.582. The Morgan fingerprint density at radius 3 is 2.19 bits per heavy atom. The lowest BCUT2D eigenvalue weighted by Gasteiger charge is -2.39. The molecule has 148 valence electrons. The van der Waals surface area contributed by atoms with Crippen LogP contribution in [0, 0.1) is 0 Å². The SMILES string of the molecule is CC(C)(C(=O)N1CCN(C(=O)CCCCNC(N)=O)CC1)c1ccccc1. The van der Waals surface area contributed by atoms with Gasteiger partial charge in [0, 0.05) is 39.1 Å². The summed E-state index contributed by atoms with van der Waals surface area (Å²) in [5.74, 6) is 0.196. The van der Waals surface area contributed by atoms with Gasteiger partial charge in [0.25, 0.3) is 0 Å². The number of primary amides is 1. The van der Waals surface area contributed by atoms with E-state index >= 15 is 0 Å². The fraction of sp³-hybridized carbons (Fsp3) is 0.550. The quantitative estimate of drug-likeness (QED) is 0.708. The van der Waals surface area contributed by atoms with Gasteiger partial charge in [-0.1, -0.05) is 30.3 Å². The summed E-state index contributed by atoms with van der Waals surface area (Å²) in [6.07, 6.45) is 1.88. The molecular weight excluding hydrogens is 344 g/mol. The Hall–Kier alpha value is -2.57. The molecule has 0 saturated carbocycles. The first-order valence-electron chi connectivity index (χ1n) is 9.48. The predicted octanol–water partition coefficient (Wildman–Crippen LogP) is 1.47. The lowest BCUT2D eigenvalue weighted by atomic mass is 9.83. The molecule has 27 heavy (non-hydrogen) atoms. The first-order valence-corrected chi connectivity index (χ1v) is 9.48. The van der Waals surface area contributed by atoms with E-state index in [1.54, 1.807) is 0 Å². The van der Waals surface area contributed by atoms with Crippen LogP contribution in [0.2, 0.25) is 0 Å². The number of hydrogen-bond acceptors (Lipinski definition) is 3. The van der Waals surface area contributed by atoms with E-state index in [0.717, 1.165) is 12.0 Å². The first-order chi connectivity index (χ1) is 12.8. The number of nitrogens with two attached hydrogens (primary N) is 1. The van der Waals surface area contributed by atoms with Crippen LogP contribution in [-0.2, 0) is 15.0 Å². The van der Waals surface area contributed by atoms with Gasteiger partial charge in [0.05, 0.1) is 5.41 Å². The minimum absolute atomic E-state index is 0.0957. The zero-order valence-corrected chi connectivity index (χ0v) is 16.2. The van der Waals surface area contributed by atoms with Crippen molar-refractivity contribution in [3.05, 3.63) is 35.9 Å². The second kappa shape index (κ2) is 9.39. The van der Waals surface area contributed by atoms with Crippen LogP contribution >= 0.6 is 0 Å². The summed E-state index contributed by atoms with van der Waals surface area (Å²) in [5.41, 5.74) is 5.41. The van der Waals surface area contributed by atoms with E-state index in [4.69, 9.17) is 5.73 Å². The number of carbonyl (C=O) groups excluding carboxylic acids is 3. The van der Waals surface area contributed by atoms with Crippen LogP contribution in [-0.4, -0.2) is 60.4 Å². The third-order valence-electron chi connectivity index (χ3n) is 5.07. The standard InChI is InChI=1S/C20H30N4O3/c1-20(2,16-8-4-3-5-9-16)18(26)24-14-12-23(13-15-24)17(25)10-6-7-11-22-19(21)27/h3-5,8-9H,6-7,10-15H2,1-2H3,(H3,21,22,27). The molecule has 0 atom stereocenters. The first kappa shape index (κ1) is 20.7. The summed E-state index contributed by atoms with van der Waals surface area (Å²) in [4.78, 5) is 39.5. The molecule has 0 radical (unpaired) electrons. The van der Waals surface area contributed by atoms with Crippen LogP contribution in [0.4, 0.5) is 4.79 Å². The van der Waals surface area contributed by atoms with Gasteiger partial charge in [-0.05, 0) is 32.3 Å². The smallest absolute Gasteiger partial charge is 0.312 e. The van der Waals surface area contributed by atoms with Crippen LogP contribution in [0.1, 0.15) is 38.7 Å². The summed E-state index contributed by atoms with van der Waals surface area (Å²) < 4.78 is 0. The van der Waals surface area contributed by atoms with E-state index in [9.17, 15) is 14.4 Å². The van der Waals surface area contributed by atoms with Crippen molar-refractivity contribution in [3.8, 4) is 0 Å². The number of hydrogen-bond donors (Lipinski definition) is 2. The molecule has 2 rings (SSSR count). The average Bonchev–Trinajstić information content (AvgIpc) is 2.67. The fourth-order valence-corrected chi connectivity index (χ4v) is 3.30. The van der Waals surface area contributed by atoms with Crippen molar-refractivity contribution in [1.29, 1.82) is 0 Å². The molecule has 0 spiro atoms. The molecule has 1 aromatic carbocycles. The van der Waals surface area contributed by atoms with E-state index in [2.05, 4.69) is 5.32 Å². The predicted molar refractivity (Wildman–Crippen MR) is 104 cm³/mol. The molecule has 3 N–H and O–H groups in total. The Morgan fingerprint density at radius 2 is 1.59 bits per heavy atom.